The number of piperidine rings is 2. The highest BCUT2D eigenvalue weighted by Crippen LogP contribution is 2.37. The van der Waals surface area contributed by atoms with Crippen molar-refractivity contribution >= 4 is 40.9 Å². The van der Waals surface area contributed by atoms with Crippen molar-refractivity contribution in [1.82, 2.24) is 20.4 Å². The molecule has 0 saturated carbocycles. The molecule has 3 aromatic carbocycles. The maximum absolute atomic E-state index is 13.4. The lowest BCUT2D eigenvalue weighted by Gasteiger charge is -2.43. The van der Waals surface area contributed by atoms with E-state index in [-0.39, 0.29) is 59.8 Å². The van der Waals surface area contributed by atoms with Gasteiger partial charge in [0, 0.05) is 61.4 Å². The molecule has 3 heterocycles. The quantitative estimate of drug-likeness (QED) is 0.112. The van der Waals surface area contributed by atoms with Crippen LogP contribution in [0.3, 0.4) is 0 Å². The zero-order valence-corrected chi connectivity index (χ0v) is 28.6. The number of hydrogen-bond acceptors (Lipinski definition) is 11. The highest BCUT2D eigenvalue weighted by molar-refractivity contribution is 6.25. The summed E-state index contributed by atoms with van der Waals surface area (Å²) in [5.74, 6) is -2.39. The number of allylic oxidation sites excluding steroid dienone is 1. The minimum absolute atomic E-state index is 0.0294. The maximum Gasteiger partial charge on any atom is 0.264 e. The number of phenolic OH excluding ortho intramolecular Hbond substituents is 1. The number of amides is 5. The van der Waals surface area contributed by atoms with E-state index in [2.05, 4.69) is 33.0 Å². The van der Waals surface area contributed by atoms with Gasteiger partial charge in [-0.3, -0.25) is 34.2 Å². The summed E-state index contributed by atoms with van der Waals surface area (Å²) in [6, 6.07) is 20.5. The minimum Gasteiger partial charge on any atom is -0.507 e. The predicted molar refractivity (Wildman–Crippen MR) is 194 cm³/mol. The first-order valence-corrected chi connectivity index (χ1v) is 17.2. The van der Waals surface area contributed by atoms with Crippen molar-refractivity contribution in [1.29, 1.82) is 0 Å². The van der Waals surface area contributed by atoms with Crippen LogP contribution in [-0.4, -0.2) is 76.7 Å². The summed E-state index contributed by atoms with van der Waals surface area (Å²) < 4.78 is 0. The second-order valence-corrected chi connectivity index (χ2v) is 13.2. The van der Waals surface area contributed by atoms with E-state index >= 15 is 0 Å². The highest BCUT2D eigenvalue weighted by atomic mass is 16.3. The smallest absolute Gasteiger partial charge is 0.264 e. The Kier molecular flexibility index (Phi) is 10.2. The molecule has 14 heteroatoms. The number of carbonyl (C=O) groups is 5. The van der Waals surface area contributed by atoms with Gasteiger partial charge in [0.1, 0.15) is 17.6 Å². The zero-order valence-electron chi connectivity index (χ0n) is 28.6. The zero-order chi connectivity index (χ0) is 37.0. The van der Waals surface area contributed by atoms with Crippen molar-refractivity contribution in [2.24, 2.45) is 17.2 Å². The van der Waals surface area contributed by atoms with Crippen LogP contribution in [0.2, 0.25) is 0 Å². The summed E-state index contributed by atoms with van der Waals surface area (Å²) in [6.07, 6.45) is 3.20. The molecule has 5 amide bonds. The molecular formula is C38H42N8O6. The molecule has 3 aliphatic rings. The SMILES string of the molecule is NC(N)=C(/C=C(\N)c1ccccc1O)N1CCC(CNC(=O)CCNc2cccc3c2C(=O)N(C2CCC(=O)NC2=O)C3=O)(c2ccccc2)CC1. The number of hydrogen-bond donors (Lipinski definition) is 7. The van der Waals surface area contributed by atoms with Crippen LogP contribution < -0.4 is 33.2 Å². The predicted octanol–water partition coefficient (Wildman–Crippen LogP) is 1.83. The number of carbonyl (C=O) groups excluding carboxylic acids is 5. The summed E-state index contributed by atoms with van der Waals surface area (Å²) in [5.41, 5.74) is 21.3. The number of likely N-dealkylation sites (tertiary alicyclic amines) is 1. The Morgan fingerprint density at radius 3 is 2.33 bits per heavy atom. The highest BCUT2D eigenvalue weighted by Gasteiger charge is 2.45. The number of fused-ring (bicyclic) bond motifs is 1. The van der Waals surface area contributed by atoms with Crippen molar-refractivity contribution in [2.75, 3.05) is 31.5 Å². The lowest BCUT2D eigenvalue weighted by Crippen LogP contribution is -2.54. The fourth-order valence-electron chi connectivity index (χ4n) is 7.16. The Morgan fingerprint density at radius 2 is 1.63 bits per heavy atom. The molecule has 52 heavy (non-hydrogen) atoms. The van der Waals surface area contributed by atoms with Crippen molar-refractivity contribution in [3.8, 4) is 5.75 Å². The number of aromatic hydroxyl groups is 1. The molecule has 270 valence electrons. The lowest BCUT2D eigenvalue weighted by atomic mass is 9.72. The summed E-state index contributed by atoms with van der Waals surface area (Å²) in [6.45, 7) is 1.71. The van der Waals surface area contributed by atoms with Crippen molar-refractivity contribution in [2.45, 2.75) is 43.6 Å². The summed E-state index contributed by atoms with van der Waals surface area (Å²) >= 11 is 0. The number of nitrogens with zero attached hydrogens (tertiary/aromatic N) is 2. The Morgan fingerprint density at radius 1 is 0.923 bits per heavy atom. The molecule has 1 atom stereocenters. The first-order valence-electron chi connectivity index (χ1n) is 17.2. The maximum atomic E-state index is 13.4. The number of nitrogens with two attached hydrogens (primary N) is 3. The Hall–Kier alpha value is -6.31. The average molecular weight is 707 g/mol. The second kappa shape index (κ2) is 14.9. The third kappa shape index (κ3) is 7.13. The van der Waals surface area contributed by atoms with Crippen molar-refractivity contribution in [3.05, 3.63) is 113 Å². The van der Waals surface area contributed by atoms with Gasteiger partial charge in [0.05, 0.1) is 16.8 Å². The van der Waals surface area contributed by atoms with Crippen LogP contribution in [0.4, 0.5) is 5.69 Å². The Labute approximate surface area is 300 Å². The molecule has 0 spiro atoms. The Balaban J connectivity index is 1.09. The van der Waals surface area contributed by atoms with E-state index in [1.54, 1.807) is 42.5 Å². The standard InChI is InChI=1S/C38H42N8O6/c39-26(24-9-4-5-12-30(24)47)21-29(34(40)41)45-19-16-38(17-20-45,23-7-2-1-3-8-23)22-43-31(48)15-18-42-27-11-6-10-25-33(27)37(52)46(36(25)51)28-13-14-32(49)44-35(28)50/h1-12,21,28,42,47H,13-20,22,39-41H2,(H,43,48)(H,44,49,50)/b26-21-. The number of rotatable bonds is 11. The van der Waals surface area contributed by atoms with E-state index in [1.165, 1.54) is 6.07 Å². The first-order chi connectivity index (χ1) is 25.0. The normalized spacial score (nSPS) is 18.5. The first kappa shape index (κ1) is 35.5. The largest absolute Gasteiger partial charge is 0.507 e. The lowest BCUT2D eigenvalue weighted by molar-refractivity contribution is -0.136. The number of anilines is 1. The molecule has 1 unspecified atom stereocenters. The number of benzene rings is 3. The topological polar surface area (TPSA) is 226 Å². The third-order valence-corrected chi connectivity index (χ3v) is 10.0. The molecule has 2 saturated heterocycles. The van der Waals surface area contributed by atoms with Gasteiger partial charge in [-0.15, -0.1) is 0 Å². The van der Waals surface area contributed by atoms with Crippen LogP contribution in [-0.2, 0) is 19.8 Å². The van der Waals surface area contributed by atoms with Gasteiger partial charge in [-0.05, 0) is 55.2 Å². The van der Waals surface area contributed by atoms with Gasteiger partial charge in [0.25, 0.3) is 11.8 Å². The number of phenols is 1. The van der Waals surface area contributed by atoms with Crippen molar-refractivity contribution in [3.63, 3.8) is 0 Å². The fraction of sp³-hybridized carbons (Fsp3) is 0.289. The van der Waals surface area contributed by atoms with Gasteiger partial charge < -0.3 is 37.8 Å². The monoisotopic (exact) mass is 706 g/mol. The fourth-order valence-corrected chi connectivity index (χ4v) is 7.16. The molecule has 0 bridgehead atoms. The molecule has 3 aliphatic heterocycles. The minimum atomic E-state index is -1.07. The molecule has 10 N–H and O–H groups in total. The van der Waals surface area contributed by atoms with E-state index in [9.17, 15) is 29.1 Å². The average Bonchev–Trinajstić information content (AvgIpc) is 3.39. The van der Waals surface area contributed by atoms with Crippen LogP contribution in [0.15, 0.2) is 90.4 Å². The number of para-hydroxylation sites is 1. The summed E-state index contributed by atoms with van der Waals surface area (Å²) in [7, 11) is 0. The van der Waals surface area contributed by atoms with Crippen LogP contribution in [0.5, 0.6) is 5.75 Å². The number of imide groups is 2. The molecular weight excluding hydrogens is 664 g/mol. The van der Waals surface area contributed by atoms with Gasteiger partial charge in [0.2, 0.25) is 17.7 Å². The molecule has 14 nitrogen and oxygen atoms in total. The molecule has 2 fully saturated rings. The summed E-state index contributed by atoms with van der Waals surface area (Å²) in [5, 5.41) is 18.7. The van der Waals surface area contributed by atoms with Gasteiger partial charge in [0.15, 0.2) is 0 Å². The molecule has 3 aromatic rings. The van der Waals surface area contributed by atoms with Crippen LogP contribution >= 0.6 is 0 Å². The third-order valence-electron chi connectivity index (χ3n) is 10.0. The van der Waals surface area contributed by atoms with Crippen molar-refractivity contribution < 1.29 is 29.1 Å². The van der Waals surface area contributed by atoms with E-state index in [4.69, 9.17) is 17.2 Å². The van der Waals surface area contributed by atoms with Crippen LogP contribution in [0.25, 0.3) is 5.70 Å². The second-order valence-electron chi connectivity index (χ2n) is 13.2. The molecule has 0 aromatic heterocycles. The molecule has 6 rings (SSSR count). The van der Waals surface area contributed by atoms with E-state index in [1.807, 2.05) is 18.2 Å². The summed E-state index contributed by atoms with van der Waals surface area (Å²) in [4.78, 5) is 66.9. The molecule has 0 aliphatic carbocycles. The Bertz CT molecular complexity index is 1960. The van der Waals surface area contributed by atoms with Gasteiger partial charge in [-0.25, -0.2) is 0 Å². The van der Waals surface area contributed by atoms with Gasteiger partial charge in [-0.1, -0.05) is 48.5 Å². The van der Waals surface area contributed by atoms with E-state index < -0.39 is 29.7 Å². The number of nitrogens with one attached hydrogen (secondary N) is 3. The van der Waals surface area contributed by atoms with E-state index in [0.29, 0.717) is 55.1 Å². The van der Waals surface area contributed by atoms with E-state index in [0.717, 1.165) is 10.5 Å². The molecule has 0 radical (unpaired) electrons. The van der Waals surface area contributed by atoms with Crippen LogP contribution in [0, 0.1) is 0 Å². The van der Waals surface area contributed by atoms with Gasteiger partial charge in [-0.2, -0.15) is 0 Å². The van der Waals surface area contributed by atoms with Gasteiger partial charge >= 0.3 is 0 Å². The van der Waals surface area contributed by atoms with Crippen LogP contribution in [0.1, 0.15) is 63.9 Å².